The molecule has 3 nitrogen and oxygen atoms in total. The van der Waals surface area contributed by atoms with E-state index in [0.717, 1.165) is 15.6 Å². The second kappa shape index (κ2) is 6.94. The summed E-state index contributed by atoms with van der Waals surface area (Å²) in [5, 5.41) is 3.30. The van der Waals surface area contributed by atoms with Crippen LogP contribution in [0.4, 0.5) is 18.9 Å². The Morgan fingerprint density at radius 2 is 1.75 bits per heavy atom. The molecule has 1 heterocycles. The number of benzene rings is 2. The molecule has 0 saturated carbocycles. The Balaban J connectivity index is 1.88. The molecule has 2 atom stereocenters. The lowest BCUT2D eigenvalue weighted by atomic mass is 10.1. The Morgan fingerprint density at radius 1 is 1.08 bits per heavy atom. The third kappa shape index (κ3) is 3.96. The van der Waals surface area contributed by atoms with Crippen LogP contribution in [0.3, 0.4) is 0 Å². The van der Waals surface area contributed by atoms with E-state index in [4.69, 9.17) is 0 Å². The molecule has 0 radical (unpaired) electrons. The maximum Gasteiger partial charge on any atom is 0.485 e. The van der Waals surface area contributed by atoms with E-state index >= 15 is 0 Å². The quantitative estimate of drug-likeness (QED) is 0.911. The standard InChI is InChI=1S/C17H17F3N2OS/c18-17(19,20)24(23)22-11-14-8-4-5-9-16(14)21-15(12-22)10-13-6-2-1-3-7-13/h1-9,15,21H,10-12H2. The first-order valence-electron chi connectivity index (χ1n) is 7.55. The Bertz CT molecular complexity index is 721. The van der Waals surface area contributed by atoms with E-state index in [1.54, 1.807) is 12.1 Å². The number of para-hydroxylation sites is 1. The first kappa shape index (κ1) is 17.0. The minimum absolute atomic E-state index is 0.000579. The summed E-state index contributed by atoms with van der Waals surface area (Å²) in [4.78, 5) is 0. The highest BCUT2D eigenvalue weighted by Gasteiger charge is 2.42. The number of hydrogen-bond acceptors (Lipinski definition) is 2. The molecule has 0 amide bonds. The normalized spacial score (nSPS) is 19.9. The molecule has 1 aliphatic rings. The van der Waals surface area contributed by atoms with Crippen LogP contribution in [0.25, 0.3) is 0 Å². The van der Waals surface area contributed by atoms with Gasteiger partial charge in [0.05, 0.1) is 0 Å². The molecule has 2 aromatic rings. The van der Waals surface area contributed by atoms with Gasteiger partial charge in [0.2, 0.25) is 11.0 Å². The predicted molar refractivity (Wildman–Crippen MR) is 88.6 cm³/mol. The minimum atomic E-state index is -4.75. The molecule has 0 fully saturated rings. The van der Waals surface area contributed by atoms with Crippen molar-refractivity contribution in [2.24, 2.45) is 0 Å². The van der Waals surface area contributed by atoms with Crippen molar-refractivity contribution in [2.75, 3.05) is 11.9 Å². The highest BCUT2D eigenvalue weighted by molar-refractivity contribution is 7.83. The number of anilines is 1. The summed E-state index contributed by atoms with van der Waals surface area (Å²) in [6.45, 7) is 0.0519. The van der Waals surface area contributed by atoms with Crippen LogP contribution in [0.1, 0.15) is 11.1 Å². The smallest absolute Gasteiger partial charge is 0.380 e. The summed E-state index contributed by atoms with van der Waals surface area (Å²) in [5.74, 6) is 0. The van der Waals surface area contributed by atoms with Gasteiger partial charge in [0.15, 0.2) is 0 Å². The first-order chi connectivity index (χ1) is 11.4. The highest BCUT2D eigenvalue weighted by atomic mass is 32.2. The minimum Gasteiger partial charge on any atom is -0.380 e. The molecule has 128 valence electrons. The fourth-order valence-electron chi connectivity index (χ4n) is 2.85. The van der Waals surface area contributed by atoms with Gasteiger partial charge in [-0.2, -0.15) is 13.2 Å². The summed E-state index contributed by atoms with van der Waals surface area (Å²) >= 11 is 0. The molecule has 0 aromatic heterocycles. The van der Waals surface area contributed by atoms with Gasteiger partial charge in [-0.05, 0) is 23.6 Å². The summed E-state index contributed by atoms with van der Waals surface area (Å²) in [6, 6.07) is 16.5. The van der Waals surface area contributed by atoms with Crippen LogP contribution in [-0.2, 0) is 24.0 Å². The van der Waals surface area contributed by atoms with Gasteiger partial charge in [0, 0.05) is 24.8 Å². The van der Waals surface area contributed by atoms with Crippen molar-refractivity contribution in [3.8, 4) is 0 Å². The molecule has 2 aromatic carbocycles. The van der Waals surface area contributed by atoms with Gasteiger partial charge in [0.25, 0.3) is 0 Å². The number of halogens is 3. The van der Waals surface area contributed by atoms with Crippen molar-refractivity contribution in [1.29, 1.82) is 0 Å². The Kier molecular flexibility index (Phi) is 4.91. The Hall–Kier alpha value is -1.86. The second-order valence-corrected chi connectivity index (χ2v) is 7.18. The van der Waals surface area contributed by atoms with Gasteiger partial charge in [-0.3, -0.25) is 0 Å². The lowest BCUT2D eigenvalue weighted by Gasteiger charge is -2.24. The summed E-state index contributed by atoms with van der Waals surface area (Å²) in [7, 11) is -3.03. The molecule has 7 heteroatoms. The fourth-order valence-corrected chi connectivity index (χ4v) is 3.72. The van der Waals surface area contributed by atoms with E-state index in [1.807, 2.05) is 42.5 Å². The Labute approximate surface area is 141 Å². The highest BCUT2D eigenvalue weighted by Crippen LogP contribution is 2.29. The third-order valence-electron chi connectivity index (χ3n) is 3.91. The van der Waals surface area contributed by atoms with E-state index in [9.17, 15) is 17.4 Å². The average molecular weight is 354 g/mol. The Morgan fingerprint density at radius 3 is 2.46 bits per heavy atom. The molecule has 0 spiro atoms. The van der Waals surface area contributed by atoms with Crippen molar-refractivity contribution in [2.45, 2.75) is 24.5 Å². The molecule has 24 heavy (non-hydrogen) atoms. The van der Waals surface area contributed by atoms with Crippen LogP contribution >= 0.6 is 0 Å². The summed E-state index contributed by atoms with van der Waals surface area (Å²) < 4.78 is 51.7. The van der Waals surface area contributed by atoms with Crippen LogP contribution in [0.15, 0.2) is 54.6 Å². The van der Waals surface area contributed by atoms with Crippen molar-refractivity contribution in [3.63, 3.8) is 0 Å². The molecule has 3 rings (SSSR count). The zero-order chi connectivity index (χ0) is 17.2. The largest absolute Gasteiger partial charge is 0.485 e. The second-order valence-electron chi connectivity index (χ2n) is 5.71. The van der Waals surface area contributed by atoms with Crippen LogP contribution in [0, 0.1) is 0 Å². The van der Waals surface area contributed by atoms with Gasteiger partial charge >= 0.3 is 5.51 Å². The number of hydrogen-bond donors (Lipinski definition) is 1. The van der Waals surface area contributed by atoms with Crippen LogP contribution in [-0.4, -0.2) is 26.6 Å². The van der Waals surface area contributed by atoms with Gasteiger partial charge in [-0.15, -0.1) is 0 Å². The van der Waals surface area contributed by atoms with Gasteiger partial charge in [-0.25, -0.2) is 8.51 Å². The molecule has 1 aliphatic heterocycles. The average Bonchev–Trinajstić information content (AvgIpc) is 2.73. The molecule has 1 N–H and O–H groups in total. The van der Waals surface area contributed by atoms with E-state index in [-0.39, 0.29) is 19.1 Å². The third-order valence-corrected chi connectivity index (χ3v) is 5.05. The molecule has 0 aliphatic carbocycles. The van der Waals surface area contributed by atoms with Crippen LogP contribution in [0.2, 0.25) is 0 Å². The molecule has 0 saturated heterocycles. The van der Waals surface area contributed by atoms with Gasteiger partial charge in [-0.1, -0.05) is 48.5 Å². The van der Waals surface area contributed by atoms with Crippen molar-refractivity contribution in [3.05, 3.63) is 65.7 Å². The zero-order valence-electron chi connectivity index (χ0n) is 12.8. The summed E-state index contributed by atoms with van der Waals surface area (Å²) in [5.41, 5.74) is -2.23. The lowest BCUT2D eigenvalue weighted by Crippen LogP contribution is -2.40. The fraction of sp³-hybridized carbons (Fsp3) is 0.294. The monoisotopic (exact) mass is 354 g/mol. The predicted octanol–water partition coefficient (Wildman–Crippen LogP) is 3.71. The van der Waals surface area contributed by atoms with Gasteiger partial charge < -0.3 is 5.32 Å². The van der Waals surface area contributed by atoms with E-state index in [0.29, 0.717) is 12.0 Å². The van der Waals surface area contributed by atoms with Gasteiger partial charge in [0.1, 0.15) is 0 Å². The molecular formula is C17H17F3N2OS. The van der Waals surface area contributed by atoms with Crippen LogP contribution in [0.5, 0.6) is 0 Å². The summed E-state index contributed by atoms with van der Waals surface area (Å²) in [6.07, 6.45) is 0.556. The number of rotatable bonds is 3. The molecule has 0 bridgehead atoms. The number of fused-ring (bicyclic) bond motifs is 1. The first-order valence-corrected chi connectivity index (χ1v) is 8.66. The number of nitrogens with zero attached hydrogens (tertiary/aromatic N) is 1. The lowest BCUT2D eigenvalue weighted by molar-refractivity contribution is -0.0430. The SMILES string of the molecule is O=S(N1Cc2ccccc2NC(Cc2ccccc2)C1)C(F)(F)F. The van der Waals surface area contributed by atoms with E-state index in [2.05, 4.69) is 5.32 Å². The molecule has 2 unspecified atom stereocenters. The maximum absolute atomic E-state index is 12.9. The maximum atomic E-state index is 12.9. The zero-order valence-corrected chi connectivity index (χ0v) is 13.6. The van der Waals surface area contributed by atoms with Crippen molar-refractivity contribution < 1.29 is 17.4 Å². The van der Waals surface area contributed by atoms with Crippen molar-refractivity contribution >= 4 is 16.7 Å². The number of nitrogens with one attached hydrogen (secondary N) is 1. The van der Waals surface area contributed by atoms with Crippen molar-refractivity contribution in [1.82, 2.24) is 4.31 Å². The van der Waals surface area contributed by atoms with E-state index < -0.39 is 16.5 Å². The number of alkyl halides is 3. The molecular weight excluding hydrogens is 337 g/mol. The van der Waals surface area contributed by atoms with Crippen LogP contribution < -0.4 is 5.32 Å². The van der Waals surface area contributed by atoms with E-state index in [1.165, 1.54) is 0 Å². The topological polar surface area (TPSA) is 32.3 Å².